The highest BCUT2D eigenvalue weighted by atomic mass is 19.4. The van der Waals surface area contributed by atoms with Gasteiger partial charge in [-0.1, -0.05) is 12.0 Å². The third-order valence-corrected chi connectivity index (χ3v) is 9.35. The number of likely N-dealkylation sites (tertiary alicyclic amines) is 1. The number of rotatable bonds is 11. The van der Waals surface area contributed by atoms with Crippen molar-refractivity contribution in [3.05, 3.63) is 53.7 Å². The second-order valence-corrected chi connectivity index (χ2v) is 12.8. The molecule has 47 heavy (non-hydrogen) atoms. The third-order valence-electron chi connectivity index (χ3n) is 9.35. The molecule has 0 radical (unpaired) electrons. The summed E-state index contributed by atoms with van der Waals surface area (Å²) < 4.78 is 58.8. The highest BCUT2D eigenvalue weighted by molar-refractivity contribution is 5.95. The lowest BCUT2D eigenvalue weighted by atomic mass is 9.75. The molecule has 252 valence electrons. The van der Waals surface area contributed by atoms with Gasteiger partial charge in [0.05, 0.1) is 43.3 Å². The van der Waals surface area contributed by atoms with E-state index in [1.165, 1.54) is 4.57 Å². The molecule has 1 amide bonds. The second kappa shape index (κ2) is 14.1. The zero-order valence-corrected chi connectivity index (χ0v) is 26.8. The third kappa shape index (κ3) is 7.64. The summed E-state index contributed by atoms with van der Waals surface area (Å²) in [6.45, 7) is 3.69. The first-order valence-corrected chi connectivity index (χ1v) is 16.1. The molecule has 3 N–H and O–H groups in total. The summed E-state index contributed by atoms with van der Waals surface area (Å²) in [6, 6.07) is 13.1. The van der Waals surface area contributed by atoms with Crippen molar-refractivity contribution < 1.29 is 32.2 Å². The van der Waals surface area contributed by atoms with E-state index in [1.54, 1.807) is 50.6 Å². The van der Waals surface area contributed by atoms with Crippen LogP contribution in [0.2, 0.25) is 0 Å². The van der Waals surface area contributed by atoms with Crippen LogP contribution in [0.15, 0.2) is 42.5 Å². The van der Waals surface area contributed by atoms with Crippen LogP contribution in [0.25, 0.3) is 10.9 Å². The summed E-state index contributed by atoms with van der Waals surface area (Å²) in [5.74, 6) is 6.14. The van der Waals surface area contributed by atoms with Crippen LogP contribution < -0.4 is 20.7 Å². The number of hydrogen-bond acceptors (Lipinski definition) is 7. The van der Waals surface area contributed by atoms with Gasteiger partial charge in [0.25, 0.3) is 5.91 Å². The van der Waals surface area contributed by atoms with Gasteiger partial charge >= 0.3 is 6.18 Å². The zero-order chi connectivity index (χ0) is 33.0. The molecule has 0 bridgehead atoms. The second-order valence-electron chi connectivity index (χ2n) is 12.8. The van der Waals surface area contributed by atoms with Crippen molar-refractivity contribution in [2.75, 3.05) is 70.9 Å². The molecule has 6 rings (SSSR count). The fourth-order valence-electron chi connectivity index (χ4n) is 6.90. The van der Waals surface area contributed by atoms with Crippen LogP contribution in [0.3, 0.4) is 0 Å². The Labute approximate surface area is 273 Å². The van der Waals surface area contributed by atoms with Gasteiger partial charge in [-0.25, -0.2) is 0 Å². The first kappa shape index (κ1) is 33.0. The lowest BCUT2D eigenvalue weighted by Gasteiger charge is -2.58. The summed E-state index contributed by atoms with van der Waals surface area (Å²) in [5.41, 5.74) is 3.05. The Morgan fingerprint density at radius 1 is 1.06 bits per heavy atom. The Morgan fingerprint density at radius 3 is 2.53 bits per heavy atom. The lowest BCUT2D eigenvalue weighted by Crippen LogP contribution is -2.68. The van der Waals surface area contributed by atoms with Gasteiger partial charge in [-0.15, -0.1) is 0 Å². The Hall–Kier alpha value is -3.92. The lowest BCUT2D eigenvalue weighted by molar-refractivity contribution is -0.200. The minimum absolute atomic E-state index is 0.146. The largest absolute Gasteiger partial charge is 0.489 e. The number of amides is 1. The van der Waals surface area contributed by atoms with Gasteiger partial charge < -0.3 is 34.7 Å². The SMILES string of the molecule is CNC(=O)c1ccc(NCC#Cc2cc3c(N[C@H]4CC[C@@H](N5CC6(COC6)C5)CC4)cccc3n2CC(F)(F)F)c(OCCOC)c1. The molecular weight excluding hydrogens is 611 g/mol. The summed E-state index contributed by atoms with van der Waals surface area (Å²) >= 11 is 0. The molecule has 1 spiro atoms. The molecular formula is C35H42F3N5O4. The van der Waals surface area contributed by atoms with Crippen LogP contribution in [0.1, 0.15) is 41.7 Å². The van der Waals surface area contributed by atoms with Crippen LogP contribution in [0.5, 0.6) is 5.75 Å². The van der Waals surface area contributed by atoms with E-state index < -0.39 is 12.7 Å². The maximum atomic E-state index is 13.7. The van der Waals surface area contributed by atoms with E-state index >= 15 is 0 Å². The summed E-state index contributed by atoms with van der Waals surface area (Å²) in [6.07, 6.45) is -0.160. The van der Waals surface area contributed by atoms with Gasteiger partial charge in [-0.05, 0) is 68.0 Å². The number of nitrogens with zero attached hydrogens (tertiary/aromatic N) is 2. The number of alkyl halides is 3. The number of ether oxygens (including phenoxy) is 3. The zero-order valence-electron chi connectivity index (χ0n) is 26.8. The molecule has 2 saturated heterocycles. The highest BCUT2D eigenvalue weighted by Gasteiger charge is 2.50. The number of anilines is 2. The maximum Gasteiger partial charge on any atom is 0.406 e. The van der Waals surface area contributed by atoms with Crippen LogP contribution in [-0.2, 0) is 16.0 Å². The molecule has 3 aromatic rings. The summed E-state index contributed by atoms with van der Waals surface area (Å²) in [7, 11) is 3.11. The maximum absolute atomic E-state index is 13.7. The van der Waals surface area contributed by atoms with Gasteiger partial charge in [0.1, 0.15) is 18.9 Å². The number of hydrogen-bond donors (Lipinski definition) is 3. The van der Waals surface area contributed by atoms with Gasteiger partial charge in [0.2, 0.25) is 0 Å². The fourth-order valence-corrected chi connectivity index (χ4v) is 6.90. The van der Waals surface area contributed by atoms with E-state index in [9.17, 15) is 18.0 Å². The molecule has 1 aromatic heterocycles. The number of methoxy groups -OCH3 is 1. The van der Waals surface area contributed by atoms with Crippen molar-refractivity contribution in [1.29, 1.82) is 0 Å². The van der Waals surface area contributed by atoms with Crippen LogP contribution in [-0.4, -0.2) is 93.9 Å². The van der Waals surface area contributed by atoms with E-state index in [-0.39, 0.29) is 30.8 Å². The van der Waals surface area contributed by atoms with Crippen molar-refractivity contribution in [2.24, 2.45) is 5.41 Å². The predicted molar refractivity (Wildman–Crippen MR) is 175 cm³/mol. The van der Waals surface area contributed by atoms with E-state index in [0.717, 1.165) is 63.1 Å². The number of aromatic nitrogens is 1. The monoisotopic (exact) mass is 653 g/mol. The first-order valence-electron chi connectivity index (χ1n) is 16.1. The standard InChI is InChI=1S/C35H42F3N5O4/c1-39-33(44)24-8-13-30(32(17-24)47-16-15-45-2)40-14-4-5-27-18-28-29(6-3-7-31(28)43(27)21-35(36,37)38)41-25-9-11-26(12-10-25)42-19-34(20-42)22-46-23-34/h3,6-8,13,17-18,25-26,40-41H,9-12,14-16,19-23H2,1-2H3,(H,39,44)/t25-,26+. The Morgan fingerprint density at radius 2 is 1.85 bits per heavy atom. The van der Waals surface area contributed by atoms with Crippen molar-refractivity contribution >= 4 is 28.2 Å². The first-order chi connectivity index (χ1) is 22.7. The molecule has 2 aromatic carbocycles. The molecule has 3 heterocycles. The summed E-state index contributed by atoms with van der Waals surface area (Å²) in [5, 5.41) is 10.1. The minimum Gasteiger partial charge on any atom is -0.489 e. The minimum atomic E-state index is -4.41. The van der Waals surface area contributed by atoms with Gasteiger partial charge in [-0.3, -0.25) is 9.69 Å². The average molecular weight is 654 g/mol. The summed E-state index contributed by atoms with van der Waals surface area (Å²) in [4.78, 5) is 14.7. The number of benzene rings is 2. The van der Waals surface area contributed by atoms with E-state index in [1.807, 2.05) is 6.07 Å². The van der Waals surface area contributed by atoms with E-state index in [2.05, 4.69) is 32.7 Å². The van der Waals surface area contributed by atoms with Crippen LogP contribution >= 0.6 is 0 Å². The normalized spacial score (nSPS) is 20.5. The quantitative estimate of drug-likeness (QED) is 0.196. The van der Waals surface area contributed by atoms with Crippen LogP contribution in [0.4, 0.5) is 24.5 Å². The van der Waals surface area contributed by atoms with Gasteiger partial charge in [-0.2, -0.15) is 13.2 Å². The molecule has 0 unspecified atom stereocenters. The van der Waals surface area contributed by atoms with Crippen molar-refractivity contribution in [3.63, 3.8) is 0 Å². The van der Waals surface area contributed by atoms with Crippen LogP contribution in [0, 0.1) is 17.3 Å². The number of fused-ring (bicyclic) bond motifs is 1. The van der Waals surface area contributed by atoms with Gasteiger partial charge in [0.15, 0.2) is 0 Å². The number of carbonyl (C=O) groups excluding carboxylic acids is 1. The Balaban J connectivity index is 1.15. The molecule has 12 heteroatoms. The Kier molecular flexibility index (Phi) is 9.87. The predicted octanol–water partition coefficient (Wildman–Crippen LogP) is 5.11. The van der Waals surface area contributed by atoms with Crippen molar-refractivity contribution in [1.82, 2.24) is 14.8 Å². The molecule has 3 aliphatic rings. The molecule has 9 nitrogen and oxygen atoms in total. The molecule has 3 fully saturated rings. The number of halogens is 3. The Bertz CT molecular complexity index is 1630. The molecule has 1 aliphatic carbocycles. The van der Waals surface area contributed by atoms with E-state index in [0.29, 0.717) is 40.6 Å². The van der Waals surface area contributed by atoms with Crippen molar-refractivity contribution in [3.8, 4) is 17.6 Å². The average Bonchev–Trinajstić information content (AvgIpc) is 3.35. The molecule has 0 atom stereocenters. The van der Waals surface area contributed by atoms with Gasteiger partial charge in [0, 0.05) is 61.4 Å². The fraction of sp³-hybridized carbons (Fsp3) is 0.514. The molecule has 2 aliphatic heterocycles. The number of carbonyl (C=O) groups is 1. The topological polar surface area (TPSA) is 89.0 Å². The van der Waals surface area contributed by atoms with Crippen molar-refractivity contribution in [2.45, 2.75) is 50.5 Å². The van der Waals surface area contributed by atoms with E-state index in [4.69, 9.17) is 14.2 Å². The number of nitrogens with one attached hydrogen (secondary N) is 3. The highest BCUT2D eigenvalue weighted by Crippen LogP contribution is 2.41. The smallest absolute Gasteiger partial charge is 0.406 e. The molecule has 1 saturated carbocycles.